The molecule has 6 nitrogen and oxygen atoms in total. The van der Waals surface area contributed by atoms with Gasteiger partial charge in [-0.25, -0.2) is 4.68 Å². The van der Waals surface area contributed by atoms with Crippen molar-refractivity contribution in [2.24, 2.45) is 5.92 Å². The van der Waals surface area contributed by atoms with E-state index in [4.69, 9.17) is 0 Å². The molecule has 0 saturated heterocycles. The number of nitrogens with zero attached hydrogens (tertiary/aromatic N) is 3. The zero-order valence-electron chi connectivity index (χ0n) is 15.4. The number of nitrogens with one attached hydrogen (secondary N) is 2. The minimum Gasteiger partial charge on any atom is -0.325 e. The first-order valence-electron chi connectivity index (χ1n) is 8.92. The summed E-state index contributed by atoms with van der Waals surface area (Å²) in [6, 6.07) is 15.3. The number of benzene rings is 2. The van der Waals surface area contributed by atoms with Crippen molar-refractivity contribution >= 4 is 22.6 Å². The molecule has 1 amide bonds. The van der Waals surface area contributed by atoms with Crippen LogP contribution in [0.15, 0.2) is 48.5 Å². The molecule has 0 radical (unpaired) electrons. The third-order valence-corrected chi connectivity index (χ3v) is 4.25. The number of carbonyl (C=O) groups excluding carboxylic acids is 1. The summed E-state index contributed by atoms with van der Waals surface area (Å²) in [6.45, 7) is 6.67. The average Bonchev–Trinajstić information content (AvgIpc) is 3.03. The highest BCUT2D eigenvalue weighted by molar-refractivity contribution is 5.94. The second kappa shape index (κ2) is 8.10. The van der Waals surface area contributed by atoms with Gasteiger partial charge in [0.1, 0.15) is 5.52 Å². The Morgan fingerprint density at radius 3 is 2.58 bits per heavy atom. The number of aryl methyl sites for hydroxylation is 1. The molecular weight excluding hydrogens is 326 g/mol. The molecule has 1 heterocycles. The monoisotopic (exact) mass is 351 g/mol. The Hall–Kier alpha value is -2.73. The molecule has 0 aliphatic rings. The van der Waals surface area contributed by atoms with Crippen molar-refractivity contribution in [3.8, 4) is 0 Å². The van der Waals surface area contributed by atoms with E-state index in [2.05, 4.69) is 34.8 Å². The maximum Gasteiger partial charge on any atom is 0.241 e. The Morgan fingerprint density at radius 1 is 1.12 bits per heavy atom. The van der Waals surface area contributed by atoms with Crippen LogP contribution in [0.1, 0.15) is 25.8 Å². The third-order valence-electron chi connectivity index (χ3n) is 4.25. The normalized spacial score (nSPS) is 12.5. The van der Waals surface area contributed by atoms with Crippen molar-refractivity contribution in [1.29, 1.82) is 0 Å². The fraction of sp³-hybridized carbons (Fsp3) is 0.350. The Bertz CT molecular complexity index is 869. The van der Waals surface area contributed by atoms with Crippen LogP contribution in [0.2, 0.25) is 0 Å². The van der Waals surface area contributed by atoms with E-state index in [-0.39, 0.29) is 11.9 Å². The number of hydrogen-bond donors (Lipinski definition) is 2. The lowest BCUT2D eigenvalue weighted by Gasteiger charge is -2.20. The van der Waals surface area contributed by atoms with Crippen molar-refractivity contribution in [1.82, 2.24) is 20.3 Å². The zero-order chi connectivity index (χ0) is 18.5. The number of hydrogen-bond acceptors (Lipinski definition) is 4. The molecule has 0 aliphatic heterocycles. The molecule has 2 N–H and O–H groups in total. The van der Waals surface area contributed by atoms with Crippen molar-refractivity contribution in [3.05, 3.63) is 54.1 Å². The van der Waals surface area contributed by atoms with Crippen LogP contribution < -0.4 is 10.6 Å². The highest BCUT2D eigenvalue weighted by atomic mass is 16.2. The topological polar surface area (TPSA) is 71.8 Å². The van der Waals surface area contributed by atoms with Gasteiger partial charge in [0.25, 0.3) is 0 Å². The Kier molecular flexibility index (Phi) is 5.63. The molecule has 0 bridgehead atoms. The van der Waals surface area contributed by atoms with Gasteiger partial charge in [0.15, 0.2) is 0 Å². The molecule has 3 rings (SSSR count). The standard InChI is InChI=1S/C20H25N5O/c1-14(2)12-18(20(26)22-16-10-8-15(3)9-11-16)21-13-25-19-7-5-4-6-17(19)23-24-25/h4-11,14,18,21H,12-13H2,1-3H3,(H,22,26)/t18-/m0/s1. The lowest BCUT2D eigenvalue weighted by Crippen LogP contribution is -2.42. The van der Waals surface area contributed by atoms with Gasteiger partial charge in [0.05, 0.1) is 18.2 Å². The molecule has 26 heavy (non-hydrogen) atoms. The Labute approximate surface area is 153 Å². The van der Waals surface area contributed by atoms with Gasteiger partial charge in [0.2, 0.25) is 5.91 Å². The van der Waals surface area contributed by atoms with E-state index < -0.39 is 0 Å². The van der Waals surface area contributed by atoms with Crippen LogP contribution in [0.5, 0.6) is 0 Å². The maximum atomic E-state index is 12.7. The molecular formula is C20H25N5O. The van der Waals surface area contributed by atoms with Crippen molar-refractivity contribution in [2.45, 2.75) is 39.9 Å². The fourth-order valence-electron chi connectivity index (χ4n) is 2.85. The van der Waals surface area contributed by atoms with Gasteiger partial charge in [-0.15, -0.1) is 5.10 Å². The van der Waals surface area contributed by atoms with Crippen molar-refractivity contribution < 1.29 is 4.79 Å². The Morgan fingerprint density at radius 2 is 1.85 bits per heavy atom. The first kappa shape index (κ1) is 18.1. The molecule has 6 heteroatoms. The fourth-order valence-corrected chi connectivity index (χ4v) is 2.85. The lowest BCUT2D eigenvalue weighted by atomic mass is 10.0. The van der Waals surface area contributed by atoms with Crippen LogP contribution in [0.4, 0.5) is 5.69 Å². The van der Waals surface area contributed by atoms with Crippen molar-refractivity contribution in [3.63, 3.8) is 0 Å². The first-order valence-corrected chi connectivity index (χ1v) is 8.92. The van der Waals surface area contributed by atoms with Gasteiger partial charge in [-0.1, -0.05) is 48.9 Å². The summed E-state index contributed by atoms with van der Waals surface area (Å²) >= 11 is 0. The molecule has 0 fully saturated rings. The maximum absolute atomic E-state index is 12.7. The van der Waals surface area contributed by atoms with Crippen LogP contribution in [-0.2, 0) is 11.5 Å². The minimum atomic E-state index is -0.306. The summed E-state index contributed by atoms with van der Waals surface area (Å²) in [5.41, 5.74) is 3.77. The quantitative estimate of drug-likeness (QED) is 0.685. The van der Waals surface area contributed by atoms with Crippen LogP contribution in [0, 0.1) is 12.8 Å². The molecule has 1 aromatic heterocycles. The molecule has 0 spiro atoms. The largest absolute Gasteiger partial charge is 0.325 e. The summed E-state index contributed by atoms with van der Waals surface area (Å²) in [4.78, 5) is 12.7. The van der Waals surface area contributed by atoms with E-state index in [9.17, 15) is 4.79 Å². The summed E-state index contributed by atoms with van der Waals surface area (Å²) in [7, 11) is 0. The van der Waals surface area contributed by atoms with Gasteiger partial charge in [-0.2, -0.15) is 0 Å². The molecule has 136 valence electrons. The van der Waals surface area contributed by atoms with Crippen molar-refractivity contribution in [2.75, 3.05) is 5.32 Å². The zero-order valence-corrected chi connectivity index (χ0v) is 15.4. The van der Waals surface area contributed by atoms with Gasteiger partial charge >= 0.3 is 0 Å². The van der Waals surface area contributed by atoms with Crippen LogP contribution in [0.3, 0.4) is 0 Å². The SMILES string of the molecule is Cc1ccc(NC(=O)[C@H](CC(C)C)NCn2nnc3ccccc32)cc1. The first-order chi connectivity index (χ1) is 12.5. The number of fused-ring (bicyclic) bond motifs is 1. The lowest BCUT2D eigenvalue weighted by molar-refractivity contribution is -0.118. The van der Waals surface area contributed by atoms with Gasteiger partial charge in [0, 0.05) is 5.69 Å². The molecule has 2 aromatic carbocycles. The number of anilines is 1. The second-order valence-corrected chi connectivity index (χ2v) is 6.98. The van der Waals surface area contributed by atoms with Crippen LogP contribution in [0.25, 0.3) is 11.0 Å². The number of aromatic nitrogens is 3. The predicted molar refractivity (Wildman–Crippen MR) is 104 cm³/mol. The molecule has 0 saturated carbocycles. The highest BCUT2D eigenvalue weighted by Gasteiger charge is 2.20. The van der Waals surface area contributed by atoms with Gasteiger partial charge in [-0.05, 0) is 43.5 Å². The number of amides is 1. The molecule has 3 aromatic rings. The number of para-hydroxylation sites is 1. The van der Waals surface area contributed by atoms with Crippen LogP contribution in [-0.4, -0.2) is 26.9 Å². The molecule has 0 unspecified atom stereocenters. The summed E-state index contributed by atoms with van der Waals surface area (Å²) < 4.78 is 1.78. The second-order valence-electron chi connectivity index (χ2n) is 6.98. The summed E-state index contributed by atoms with van der Waals surface area (Å²) in [5.74, 6) is 0.357. The summed E-state index contributed by atoms with van der Waals surface area (Å²) in [6.07, 6.45) is 0.740. The van der Waals surface area contributed by atoms with Gasteiger partial charge in [-0.3, -0.25) is 10.1 Å². The third kappa shape index (κ3) is 4.46. The predicted octanol–water partition coefficient (Wildman–Crippen LogP) is 3.34. The average molecular weight is 351 g/mol. The van der Waals surface area contributed by atoms with E-state index in [1.807, 2.05) is 55.5 Å². The number of rotatable bonds is 7. The Balaban J connectivity index is 1.69. The highest BCUT2D eigenvalue weighted by Crippen LogP contribution is 2.13. The number of carbonyl (C=O) groups is 1. The van der Waals surface area contributed by atoms with E-state index in [1.54, 1.807) is 4.68 Å². The van der Waals surface area contributed by atoms with E-state index >= 15 is 0 Å². The minimum absolute atomic E-state index is 0.0352. The van der Waals surface area contributed by atoms with E-state index in [0.717, 1.165) is 28.7 Å². The van der Waals surface area contributed by atoms with Gasteiger partial charge < -0.3 is 5.32 Å². The molecule has 0 aliphatic carbocycles. The smallest absolute Gasteiger partial charge is 0.241 e. The summed E-state index contributed by atoms with van der Waals surface area (Å²) in [5, 5.41) is 14.6. The molecule has 1 atom stereocenters. The van der Waals surface area contributed by atoms with E-state index in [1.165, 1.54) is 0 Å². The van der Waals surface area contributed by atoms with Crippen LogP contribution >= 0.6 is 0 Å². The van der Waals surface area contributed by atoms with E-state index in [0.29, 0.717) is 12.6 Å².